The molecule has 0 atom stereocenters. The maximum absolute atomic E-state index is 12.7. The molecule has 2 fully saturated rings. The average molecular weight is 350 g/mol. The third-order valence-corrected chi connectivity index (χ3v) is 5.11. The first-order valence-electron chi connectivity index (χ1n) is 8.07. The normalized spacial score (nSPS) is 18.9. The van der Waals surface area contributed by atoms with Crippen molar-refractivity contribution in [3.05, 3.63) is 34.9 Å². The Labute approximate surface area is 145 Å². The van der Waals surface area contributed by atoms with Crippen LogP contribution >= 0.6 is 11.6 Å². The Morgan fingerprint density at radius 3 is 2.42 bits per heavy atom. The van der Waals surface area contributed by atoms with Gasteiger partial charge in [0, 0.05) is 37.7 Å². The van der Waals surface area contributed by atoms with Crippen LogP contribution in [-0.2, 0) is 20.9 Å². The molecule has 1 aliphatic heterocycles. The number of benzene rings is 1. The van der Waals surface area contributed by atoms with Crippen molar-refractivity contribution in [2.75, 3.05) is 26.2 Å². The molecule has 1 N–H and O–H groups in total. The highest BCUT2D eigenvalue weighted by atomic mass is 35.5. The standard InChI is InChI=1S/C17H20ClN3O3/c18-14-4-2-1-3-13(14)11-19-15(23)17(5-6-17)16(24)21-9-7-20(12-22)8-10-21/h1-4,12H,5-11H2,(H,19,23). The van der Waals surface area contributed by atoms with Gasteiger partial charge in [0.2, 0.25) is 18.2 Å². The van der Waals surface area contributed by atoms with Crippen molar-refractivity contribution in [2.45, 2.75) is 19.4 Å². The van der Waals surface area contributed by atoms with Gasteiger partial charge < -0.3 is 15.1 Å². The average Bonchev–Trinajstić information content (AvgIpc) is 3.42. The molecule has 6 nitrogen and oxygen atoms in total. The van der Waals surface area contributed by atoms with Crippen LogP contribution in [0, 0.1) is 5.41 Å². The highest BCUT2D eigenvalue weighted by molar-refractivity contribution is 6.31. The monoisotopic (exact) mass is 349 g/mol. The smallest absolute Gasteiger partial charge is 0.238 e. The maximum atomic E-state index is 12.7. The summed E-state index contributed by atoms with van der Waals surface area (Å²) in [4.78, 5) is 39.4. The van der Waals surface area contributed by atoms with Gasteiger partial charge in [-0.05, 0) is 24.5 Å². The molecule has 128 valence electrons. The van der Waals surface area contributed by atoms with Crippen LogP contribution < -0.4 is 5.32 Å². The van der Waals surface area contributed by atoms with Gasteiger partial charge in [0.1, 0.15) is 5.41 Å². The number of nitrogens with one attached hydrogen (secondary N) is 1. The Balaban J connectivity index is 1.59. The second-order valence-electron chi connectivity index (χ2n) is 6.29. The van der Waals surface area contributed by atoms with Crippen LogP contribution in [0.2, 0.25) is 5.02 Å². The van der Waals surface area contributed by atoms with E-state index >= 15 is 0 Å². The molecule has 7 heteroatoms. The van der Waals surface area contributed by atoms with E-state index in [0.717, 1.165) is 12.0 Å². The number of nitrogens with zero attached hydrogens (tertiary/aromatic N) is 2. The molecule has 1 saturated carbocycles. The fourth-order valence-electron chi connectivity index (χ4n) is 2.98. The number of piperazine rings is 1. The van der Waals surface area contributed by atoms with Crippen LogP contribution in [0.1, 0.15) is 18.4 Å². The minimum atomic E-state index is -0.926. The molecule has 1 aromatic rings. The van der Waals surface area contributed by atoms with Gasteiger partial charge in [-0.25, -0.2) is 0 Å². The number of carbonyl (C=O) groups is 3. The molecule has 0 unspecified atom stereocenters. The summed E-state index contributed by atoms with van der Waals surface area (Å²) < 4.78 is 0. The van der Waals surface area contributed by atoms with E-state index < -0.39 is 5.41 Å². The Kier molecular flexibility index (Phi) is 4.76. The lowest BCUT2D eigenvalue weighted by atomic mass is 10.0. The van der Waals surface area contributed by atoms with E-state index in [2.05, 4.69) is 5.32 Å². The van der Waals surface area contributed by atoms with E-state index in [1.807, 2.05) is 18.2 Å². The summed E-state index contributed by atoms with van der Waals surface area (Å²) in [5.74, 6) is -0.352. The van der Waals surface area contributed by atoms with Crippen molar-refractivity contribution >= 4 is 29.8 Å². The number of halogens is 1. The van der Waals surface area contributed by atoms with E-state index in [9.17, 15) is 14.4 Å². The van der Waals surface area contributed by atoms with Crippen molar-refractivity contribution in [3.8, 4) is 0 Å². The van der Waals surface area contributed by atoms with Crippen molar-refractivity contribution in [3.63, 3.8) is 0 Å². The van der Waals surface area contributed by atoms with Crippen molar-refractivity contribution in [2.24, 2.45) is 5.41 Å². The lowest BCUT2D eigenvalue weighted by Gasteiger charge is -2.34. The lowest BCUT2D eigenvalue weighted by molar-refractivity contribution is -0.146. The first kappa shape index (κ1) is 16.8. The predicted octanol–water partition coefficient (Wildman–Crippen LogP) is 1.04. The Morgan fingerprint density at radius 2 is 1.83 bits per heavy atom. The van der Waals surface area contributed by atoms with Crippen molar-refractivity contribution < 1.29 is 14.4 Å². The molecule has 3 rings (SSSR count). The van der Waals surface area contributed by atoms with Crippen LogP contribution in [-0.4, -0.2) is 54.2 Å². The molecule has 0 aromatic heterocycles. The van der Waals surface area contributed by atoms with Crippen LogP contribution in [0.3, 0.4) is 0 Å². The van der Waals surface area contributed by atoms with Gasteiger partial charge in [-0.1, -0.05) is 29.8 Å². The molecule has 1 aliphatic carbocycles. The zero-order chi connectivity index (χ0) is 17.2. The summed E-state index contributed by atoms with van der Waals surface area (Å²) in [5.41, 5.74) is -0.0969. The molecule has 0 bridgehead atoms. The second kappa shape index (κ2) is 6.81. The van der Waals surface area contributed by atoms with E-state index in [1.54, 1.807) is 15.9 Å². The van der Waals surface area contributed by atoms with Gasteiger partial charge in [0.25, 0.3) is 0 Å². The second-order valence-corrected chi connectivity index (χ2v) is 6.70. The first-order valence-corrected chi connectivity index (χ1v) is 8.45. The van der Waals surface area contributed by atoms with Gasteiger partial charge in [-0.15, -0.1) is 0 Å². The molecule has 0 spiro atoms. The molecular formula is C17H20ClN3O3. The van der Waals surface area contributed by atoms with E-state index in [4.69, 9.17) is 11.6 Å². The van der Waals surface area contributed by atoms with Crippen molar-refractivity contribution in [1.29, 1.82) is 0 Å². The van der Waals surface area contributed by atoms with Gasteiger partial charge in [-0.2, -0.15) is 0 Å². The fourth-order valence-corrected chi connectivity index (χ4v) is 3.19. The number of rotatable bonds is 5. The van der Waals surface area contributed by atoms with Gasteiger partial charge in [-0.3, -0.25) is 14.4 Å². The molecule has 1 aromatic carbocycles. The Hall–Kier alpha value is -2.08. The summed E-state index contributed by atoms with van der Waals surface area (Å²) in [6.45, 7) is 2.32. The Bertz CT molecular complexity index is 652. The summed E-state index contributed by atoms with van der Waals surface area (Å²) in [7, 11) is 0. The summed E-state index contributed by atoms with van der Waals surface area (Å²) in [5, 5.41) is 3.44. The molecule has 24 heavy (non-hydrogen) atoms. The van der Waals surface area contributed by atoms with Crippen LogP contribution in [0.4, 0.5) is 0 Å². The van der Waals surface area contributed by atoms with Crippen LogP contribution in [0.25, 0.3) is 0 Å². The number of hydrogen-bond donors (Lipinski definition) is 1. The summed E-state index contributed by atoms with van der Waals surface area (Å²) in [6.07, 6.45) is 1.95. The highest BCUT2D eigenvalue weighted by Crippen LogP contribution is 2.47. The molecule has 0 radical (unpaired) electrons. The number of hydrogen-bond acceptors (Lipinski definition) is 3. The van der Waals surface area contributed by atoms with Gasteiger partial charge >= 0.3 is 0 Å². The minimum Gasteiger partial charge on any atom is -0.351 e. The third-order valence-electron chi connectivity index (χ3n) is 4.74. The fraction of sp³-hybridized carbons (Fsp3) is 0.471. The zero-order valence-corrected chi connectivity index (χ0v) is 14.1. The van der Waals surface area contributed by atoms with Crippen molar-refractivity contribution in [1.82, 2.24) is 15.1 Å². The van der Waals surface area contributed by atoms with E-state index in [1.165, 1.54) is 0 Å². The van der Waals surface area contributed by atoms with E-state index in [0.29, 0.717) is 50.6 Å². The quantitative estimate of drug-likeness (QED) is 0.638. The van der Waals surface area contributed by atoms with Crippen LogP contribution in [0.5, 0.6) is 0 Å². The molecule has 1 saturated heterocycles. The maximum Gasteiger partial charge on any atom is 0.238 e. The first-order chi connectivity index (χ1) is 11.6. The number of carbonyl (C=O) groups excluding carboxylic acids is 3. The SMILES string of the molecule is O=CN1CCN(C(=O)C2(C(=O)NCc3ccccc3Cl)CC2)CC1. The summed E-state index contributed by atoms with van der Waals surface area (Å²) >= 11 is 6.09. The predicted molar refractivity (Wildman–Crippen MR) is 89.2 cm³/mol. The Morgan fingerprint density at radius 1 is 1.17 bits per heavy atom. The highest BCUT2D eigenvalue weighted by Gasteiger charge is 2.58. The van der Waals surface area contributed by atoms with Gasteiger partial charge in [0.05, 0.1) is 0 Å². The largest absolute Gasteiger partial charge is 0.351 e. The van der Waals surface area contributed by atoms with Gasteiger partial charge in [0.15, 0.2) is 0 Å². The topological polar surface area (TPSA) is 69.7 Å². The molecule has 2 aliphatic rings. The molecular weight excluding hydrogens is 330 g/mol. The lowest BCUT2D eigenvalue weighted by Crippen LogP contribution is -2.52. The zero-order valence-electron chi connectivity index (χ0n) is 13.3. The number of amides is 3. The molecule has 3 amide bonds. The molecule has 1 heterocycles. The van der Waals surface area contributed by atoms with Crippen LogP contribution in [0.15, 0.2) is 24.3 Å². The third kappa shape index (κ3) is 3.24. The minimum absolute atomic E-state index is 0.121. The summed E-state index contributed by atoms with van der Waals surface area (Å²) in [6, 6.07) is 7.31. The van der Waals surface area contributed by atoms with E-state index in [-0.39, 0.29) is 11.8 Å².